The molecule has 1 aromatic carbocycles. The summed E-state index contributed by atoms with van der Waals surface area (Å²) in [7, 11) is 0. The van der Waals surface area contributed by atoms with E-state index >= 15 is 0 Å². The van der Waals surface area contributed by atoms with E-state index in [0.29, 0.717) is 13.2 Å². The molecule has 144 valence electrons. The third-order valence-corrected chi connectivity index (χ3v) is 4.51. The van der Waals surface area contributed by atoms with E-state index in [4.69, 9.17) is 4.74 Å². The van der Waals surface area contributed by atoms with E-state index in [-0.39, 0.29) is 11.4 Å². The number of hydrogen-bond acceptors (Lipinski definition) is 4. The summed E-state index contributed by atoms with van der Waals surface area (Å²) in [6.45, 7) is 7.91. The van der Waals surface area contributed by atoms with Crippen LogP contribution in [0.1, 0.15) is 33.1 Å². The monoisotopic (exact) mass is 365 g/mol. The highest BCUT2D eigenvalue weighted by Gasteiger charge is 2.17. The lowest BCUT2D eigenvalue weighted by Crippen LogP contribution is -2.38. The fourth-order valence-corrected chi connectivity index (χ4v) is 2.92. The summed E-state index contributed by atoms with van der Waals surface area (Å²) in [5.74, 6) is -0.966. The van der Waals surface area contributed by atoms with Gasteiger partial charge in [0.25, 0.3) is 0 Å². The molecule has 1 saturated heterocycles. The zero-order chi connectivity index (χ0) is 18.9. The SMILES string of the molecule is CCOc1cc(F)ccc1NC(=O)C(=O)NCCCN1CCC(C)CC1. The molecule has 2 amide bonds. The molecule has 0 saturated carbocycles. The highest BCUT2D eigenvalue weighted by Crippen LogP contribution is 2.25. The minimum Gasteiger partial charge on any atom is -0.492 e. The van der Waals surface area contributed by atoms with E-state index in [9.17, 15) is 14.0 Å². The van der Waals surface area contributed by atoms with Crippen molar-refractivity contribution in [3.63, 3.8) is 0 Å². The molecule has 0 radical (unpaired) electrons. The standard InChI is InChI=1S/C19H28FN3O3/c1-3-26-17-13-15(20)5-6-16(17)22-19(25)18(24)21-9-4-10-23-11-7-14(2)8-12-23/h5-6,13-14H,3-4,7-12H2,1-2H3,(H,21,24)(H,22,25). The first-order chi connectivity index (χ1) is 12.5. The summed E-state index contributed by atoms with van der Waals surface area (Å²) in [5.41, 5.74) is 0.274. The molecule has 1 fully saturated rings. The van der Waals surface area contributed by atoms with Crippen LogP contribution in [-0.4, -0.2) is 49.5 Å². The molecule has 1 heterocycles. The van der Waals surface area contributed by atoms with Gasteiger partial charge in [0, 0.05) is 12.6 Å². The van der Waals surface area contributed by atoms with Crippen LogP contribution in [0.5, 0.6) is 5.75 Å². The second-order valence-electron chi connectivity index (χ2n) is 6.66. The number of anilines is 1. The van der Waals surface area contributed by atoms with Crippen LogP contribution in [0.2, 0.25) is 0 Å². The average molecular weight is 365 g/mol. The van der Waals surface area contributed by atoms with Crippen LogP contribution in [0.3, 0.4) is 0 Å². The lowest BCUT2D eigenvalue weighted by molar-refractivity contribution is -0.136. The van der Waals surface area contributed by atoms with Crippen molar-refractivity contribution in [1.29, 1.82) is 0 Å². The molecule has 26 heavy (non-hydrogen) atoms. The molecule has 1 aromatic rings. The number of ether oxygens (including phenoxy) is 1. The van der Waals surface area contributed by atoms with Crippen LogP contribution in [0.15, 0.2) is 18.2 Å². The van der Waals surface area contributed by atoms with E-state index in [1.165, 1.54) is 31.0 Å². The topological polar surface area (TPSA) is 70.7 Å². The molecule has 6 nitrogen and oxygen atoms in total. The quantitative estimate of drug-likeness (QED) is 0.575. The Bertz CT molecular complexity index is 616. The minimum absolute atomic E-state index is 0.202. The van der Waals surface area contributed by atoms with Gasteiger partial charge < -0.3 is 20.3 Å². The van der Waals surface area contributed by atoms with Crippen LogP contribution in [-0.2, 0) is 9.59 Å². The van der Waals surface area contributed by atoms with E-state index in [2.05, 4.69) is 22.5 Å². The van der Waals surface area contributed by atoms with Crippen molar-refractivity contribution in [3.05, 3.63) is 24.0 Å². The molecule has 2 rings (SSSR count). The van der Waals surface area contributed by atoms with Gasteiger partial charge in [0.15, 0.2) is 0 Å². The van der Waals surface area contributed by atoms with Crippen molar-refractivity contribution in [2.75, 3.05) is 38.1 Å². The second kappa shape index (κ2) is 10.1. The Hall–Kier alpha value is -2.15. The molecule has 0 aliphatic carbocycles. The zero-order valence-electron chi connectivity index (χ0n) is 15.5. The molecule has 1 aliphatic rings. The number of piperidine rings is 1. The first-order valence-electron chi connectivity index (χ1n) is 9.23. The van der Waals surface area contributed by atoms with Gasteiger partial charge in [-0.3, -0.25) is 9.59 Å². The number of rotatable bonds is 7. The van der Waals surface area contributed by atoms with Crippen molar-refractivity contribution in [1.82, 2.24) is 10.2 Å². The van der Waals surface area contributed by atoms with Gasteiger partial charge in [-0.05, 0) is 63.9 Å². The number of nitrogens with one attached hydrogen (secondary N) is 2. The Morgan fingerprint density at radius 3 is 2.69 bits per heavy atom. The highest BCUT2D eigenvalue weighted by molar-refractivity contribution is 6.39. The molecule has 0 unspecified atom stereocenters. The van der Waals surface area contributed by atoms with Crippen molar-refractivity contribution in [3.8, 4) is 5.75 Å². The molecular formula is C19H28FN3O3. The number of benzene rings is 1. The Kier molecular flexibility index (Phi) is 7.84. The largest absolute Gasteiger partial charge is 0.492 e. The summed E-state index contributed by atoms with van der Waals surface area (Å²) in [5, 5.41) is 5.09. The Labute approximate surface area is 154 Å². The van der Waals surface area contributed by atoms with Crippen molar-refractivity contribution >= 4 is 17.5 Å². The first kappa shape index (κ1) is 20.2. The fourth-order valence-electron chi connectivity index (χ4n) is 2.92. The lowest BCUT2D eigenvalue weighted by Gasteiger charge is -2.30. The number of halogens is 1. The molecule has 0 atom stereocenters. The second-order valence-corrected chi connectivity index (χ2v) is 6.66. The van der Waals surface area contributed by atoms with E-state index < -0.39 is 17.6 Å². The predicted molar refractivity (Wildman–Crippen MR) is 98.7 cm³/mol. The summed E-state index contributed by atoms with van der Waals surface area (Å²) in [6, 6.07) is 3.76. The third-order valence-electron chi connectivity index (χ3n) is 4.51. The minimum atomic E-state index is -0.788. The number of amides is 2. The normalized spacial score (nSPS) is 15.5. The van der Waals surface area contributed by atoms with Crippen LogP contribution in [0.25, 0.3) is 0 Å². The molecule has 0 aromatic heterocycles. The van der Waals surface area contributed by atoms with Gasteiger partial charge in [-0.15, -0.1) is 0 Å². The van der Waals surface area contributed by atoms with E-state index in [0.717, 1.165) is 32.0 Å². The Morgan fingerprint density at radius 2 is 2.00 bits per heavy atom. The van der Waals surface area contributed by atoms with Gasteiger partial charge in [0.05, 0.1) is 12.3 Å². The van der Waals surface area contributed by atoms with E-state index in [1.807, 2.05) is 0 Å². The number of carbonyl (C=O) groups is 2. The van der Waals surface area contributed by atoms with Crippen molar-refractivity contribution in [2.45, 2.75) is 33.1 Å². The van der Waals surface area contributed by atoms with Crippen LogP contribution >= 0.6 is 0 Å². The van der Waals surface area contributed by atoms with Crippen molar-refractivity contribution in [2.24, 2.45) is 5.92 Å². The number of nitrogens with zero attached hydrogens (tertiary/aromatic N) is 1. The number of hydrogen-bond donors (Lipinski definition) is 2. The summed E-state index contributed by atoms with van der Waals surface area (Å²) >= 11 is 0. The molecular weight excluding hydrogens is 337 g/mol. The molecule has 1 aliphatic heterocycles. The summed E-state index contributed by atoms with van der Waals surface area (Å²) in [4.78, 5) is 26.3. The molecule has 2 N–H and O–H groups in total. The Balaban J connectivity index is 1.73. The fraction of sp³-hybridized carbons (Fsp3) is 0.579. The van der Waals surface area contributed by atoms with Crippen molar-refractivity contribution < 1.29 is 18.7 Å². The molecule has 0 spiro atoms. The van der Waals surface area contributed by atoms with Crippen LogP contribution in [0.4, 0.5) is 10.1 Å². The zero-order valence-corrected chi connectivity index (χ0v) is 15.5. The van der Waals surface area contributed by atoms with Gasteiger partial charge in [0.2, 0.25) is 0 Å². The maximum Gasteiger partial charge on any atom is 0.313 e. The maximum atomic E-state index is 13.3. The van der Waals surface area contributed by atoms with Gasteiger partial charge in [0.1, 0.15) is 11.6 Å². The molecule has 7 heteroatoms. The van der Waals surface area contributed by atoms with Gasteiger partial charge in [-0.1, -0.05) is 6.92 Å². The number of carbonyl (C=O) groups excluding carboxylic acids is 2. The predicted octanol–water partition coefficient (Wildman–Crippen LogP) is 2.40. The lowest BCUT2D eigenvalue weighted by atomic mass is 9.99. The average Bonchev–Trinajstić information content (AvgIpc) is 2.62. The number of likely N-dealkylation sites (tertiary alicyclic amines) is 1. The smallest absolute Gasteiger partial charge is 0.313 e. The van der Waals surface area contributed by atoms with Gasteiger partial charge in [-0.25, -0.2) is 4.39 Å². The van der Waals surface area contributed by atoms with Gasteiger partial charge in [-0.2, -0.15) is 0 Å². The third kappa shape index (κ3) is 6.29. The van der Waals surface area contributed by atoms with Crippen LogP contribution < -0.4 is 15.4 Å². The summed E-state index contributed by atoms with van der Waals surface area (Å²) in [6.07, 6.45) is 3.23. The molecule has 0 bridgehead atoms. The summed E-state index contributed by atoms with van der Waals surface area (Å²) < 4.78 is 18.6. The maximum absolute atomic E-state index is 13.3. The van der Waals surface area contributed by atoms with E-state index in [1.54, 1.807) is 6.92 Å². The highest BCUT2D eigenvalue weighted by atomic mass is 19.1. The Morgan fingerprint density at radius 1 is 1.27 bits per heavy atom. The first-order valence-corrected chi connectivity index (χ1v) is 9.23. The van der Waals surface area contributed by atoms with Gasteiger partial charge >= 0.3 is 11.8 Å². The van der Waals surface area contributed by atoms with Crippen LogP contribution in [0, 0.1) is 11.7 Å².